The van der Waals surface area contributed by atoms with E-state index in [9.17, 15) is 4.79 Å². The van der Waals surface area contributed by atoms with Crippen molar-refractivity contribution in [3.05, 3.63) is 95.9 Å². The lowest BCUT2D eigenvalue weighted by molar-refractivity contribution is -0.129. The number of ether oxygens (including phenoxy) is 1. The Hall–Kier alpha value is -3.53. The first kappa shape index (κ1) is 15.0. The van der Waals surface area contributed by atoms with Gasteiger partial charge in [0.15, 0.2) is 5.70 Å². The first-order chi connectivity index (χ1) is 12.3. The largest absolute Gasteiger partial charge is 0.402 e. The van der Waals surface area contributed by atoms with E-state index in [1.807, 2.05) is 48.5 Å². The van der Waals surface area contributed by atoms with Gasteiger partial charge in [-0.15, -0.1) is 0 Å². The molecule has 0 atom stereocenters. The molecule has 1 aliphatic rings. The second kappa shape index (κ2) is 6.53. The van der Waals surface area contributed by atoms with E-state index in [4.69, 9.17) is 4.74 Å². The van der Waals surface area contributed by atoms with Crippen LogP contribution in [-0.4, -0.2) is 16.9 Å². The molecule has 0 radical (unpaired) electrons. The van der Waals surface area contributed by atoms with E-state index >= 15 is 0 Å². The monoisotopic (exact) mass is 326 g/mol. The summed E-state index contributed by atoms with van der Waals surface area (Å²) in [5.74, 6) is -0.134. The molecule has 0 spiro atoms. The van der Waals surface area contributed by atoms with Crippen molar-refractivity contribution in [1.29, 1.82) is 0 Å². The van der Waals surface area contributed by atoms with Gasteiger partial charge in [-0.1, -0.05) is 48.5 Å². The average Bonchev–Trinajstić information content (AvgIpc) is 3.04. The van der Waals surface area contributed by atoms with Crippen LogP contribution in [0.2, 0.25) is 0 Å². The number of nitrogens with zero attached hydrogens (tertiary/aromatic N) is 2. The highest BCUT2D eigenvalue weighted by molar-refractivity contribution is 6.12. The Bertz CT molecular complexity index is 960. The van der Waals surface area contributed by atoms with Crippen molar-refractivity contribution in [3.63, 3.8) is 0 Å². The number of carbonyl (C=O) groups is 1. The lowest BCUT2D eigenvalue weighted by Gasteiger charge is -2.03. The minimum absolute atomic E-state index is 0.273. The van der Waals surface area contributed by atoms with E-state index in [1.165, 1.54) is 0 Å². The smallest absolute Gasteiger partial charge is 0.363 e. The molecular formula is C21H14N2O2. The first-order valence-electron chi connectivity index (χ1n) is 7.88. The minimum Gasteiger partial charge on any atom is -0.402 e. The Kier molecular flexibility index (Phi) is 3.92. The second-order valence-corrected chi connectivity index (χ2v) is 5.57. The normalized spacial score (nSPS) is 15.1. The fourth-order valence-electron chi connectivity index (χ4n) is 2.59. The molecule has 0 saturated carbocycles. The highest BCUT2D eigenvalue weighted by Crippen LogP contribution is 2.22. The summed E-state index contributed by atoms with van der Waals surface area (Å²) in [6.07, 6.45) is 5.01. The first-order valence-corrected chi connectivity index (χ1v) is 7.88. The molecular weight excluding hydrogens is 312 g/mol. The number of esters is 1. The third-order valence-electron chi connectivity index (χ3n) is 3.85. The van der Waals surface area contributed by atoms with Crippen molar-refractivity contribution in [1.82, 2.24) is 4.98 Å². The lowest BCUT2D eigenvalue weighted by atomic mass is 10.0. The summed E-state index contributed by atoms with van der Waals surface area (Å²) < 4.78 is 5.30. The molecule has 0 saturated heterocycles. The number of aromatic nitrogens is 1. The van der Waals surface area contributed by atoms with Gasteiger partial charge in [0.1, 0.15) is 0 Å². The SMILES string of the molecule is O=C1OC(c2ccc(-c3ccccc3)cc2)=N/C1=C\c1cccnc1. The van der Waals surface area contributed by atoms with E-state index in [2.05, 4.69) is 22.1 Å². The molecule has 0 N–H and O–H groups in total. The highest BCUT2D eigenvalue weighted by atomic mass is 16.6. The summed E-state index contributed by atoms with van der Waals surface area (Å²) in [6, 6.07) is 21.5. The number of hydrogen-bond donors (Lipinski definition) is 0. The zero-order valence-corrected chi connectivity index (χ0v) is 13.3. The van der Waals surface area contributed by atoms with Gasteiger partial charge >= 0.3 is 5.97 Å². The van der Waals surface area contributed by atoms with Crippen LogP contribution in [0.1, 0.15) is 11.1 Å². The van der Waals surface area contributed by atoms with Crippen molar-refractivity contribution in [3.8, 4) is 11.1 Å². The number of aliphatic imine (C=N–C) groups is 1. The fraction of sp³-hybridized carbons (Fsp3) is 0. The van der Waals surface area contributed by atoms with Gasteiger partial charge in [-0.25, -0.2) is 9.79 Å². The van der Waals surface area contributed by atoms with Gasteiger partial charge in [-0.3, -0.25) is 4.98 Å². The number of carbonyl (C=O) groups excluding carboxylic acids is 1. The Morgan fingerprint density at radius 1 is 0.800 bits per heavy atom. The van der Waals surface area contributed by atoms with Gasteiger partial charge in [0.2, 0.25) is 5.90 Å². The Morgan fingerprint density at radius 2 is 1.52 bits per heavy atom. The van der Waals surface area contributed by atoms with Gasteiger partial charge in [-0.2, -0.15) is 0 Å². The molecule has 0 aliphatic carbocycles. The molecule has 3 aromatic rings. The molecule has 0 unspecified atom stereocenters. The van der Waals surface area contributed by atoms with Crippen molar-refractivity contribution >= 4 is 17.9 Å². The summed E-state index contributed by atoms with van der Waals surface area (Å²) in [5, 5.41) is 0. The van der Waals surface area contributed by atoms with Crippen LogP contribution < -0.4 is 0 Å². The van der Waals surface area contributed by atoms with E-state index in [0.29, 0.717) is 5.90 Å². The van der Waals surface area contributed by atoms with E-state index in [-0.39, 0.29) is 5.70 Å². The highest BCUT2D eigenvalue weighted by Gasteiger charge is 2.24. The van der Waals surface area contributed by atoms with E-state index < -0.39 is 5.97 Å². The maximum Gasteiger partial charge on any atom is 0.363 e. The summed E-state index contributed by atoms with van der Waals surface area (Å²) in [5.41, 5.74) is 4.08. The Morgan fingerprint density at radius 3 is 2.24 bits per heavy atom. The summed E-state index contributed by atoms with van der Waals surface area (Å²) in [4.78, 5) is 20.4. The lowest BCUT2D eigenvalue weighted by Crippen LogP contribution is -2.05. The van der Waals surface area contributed by atoms with Gasteiger partial charge in [0, 0.05) is 18.0 Å². The molecule has 4 rings (SSSR count). The van der Waals surface area contributed by atoms with Crippen LogP contribution in [0.4, 0.5) is 0 Å². The van der Waals surface area contributed by atoms with Crippen LogP contribution in [0.25, 0.3) is 17.2 Å². The maximum atomic E-state index is 12.0. The summed E-state index contributed by atoms with van der Waals surface area (Å²) >= 11 is 0. The van der Waals surface area contributed by atoms with E-state index in [0.717, 1.165) is 22.3 Å². The minimum atomic E-state index is -0.453. The summed E-state index contributed by atoms with van der Waals surface area (Å²) in [6.45, 7) is 0. The van der Waals surface area contributed by atoms with Crippen molar-refractivity contribution in [2.45, 2.75) is 0 Å². The zero-order chi connectivity index (χ0) is 17.1. The van der Waals surface area contributed by atoms with Crippen molar-refractivity contribution in [2.75, 3.05) is 0 Å². The predicted molar refractivity (Wildman–Crippen MR) is 96.7 cm³/mol. The molecule has 25 heavy (non-hydrogen) atoms. The Labute approximate surface area is 145 Å². The van der Waals surface area contributed by atoms with Crippen LogP contribution in [0.15, 0.2) is 89.8 Å². The topological polar surface area (TPSA) is 51.5 Å². The third-order valence-corrected chi connectivity index (χ3v) is 3.85. The van der Waals surface area contributed by atoms with Gasteiger partial charge in [-0.05, 0) is 41.0 Å². The van der Waals surface area contributed by atoms with Gasteiger partial charge in [0.05, 0.1) is 0 Å². The molecule has 4 heteroatoms. The third kappa shape index (κ3) is 3.23. The maximum absolute atomic E-state index is 12.0. The molecule has 0 amide bonds. The van der Waals surface area contributed by atoms with Crippen LogP contribution >= 0.6 is 0 Å². The molecule has 1 aromatic heterocycles. The number of cyclic esters (lactones) is 1. The van der Waals surface area contributed by atoms with E-state index in [1.54, 1.807) is 24.5 Å². The van der Waals surface area contributed by atoms with Crippen molar-refractivity contribution < 1.29 is 9.53 Å². The zero-order valence-electron chi connectivity index (χ0n) is 13.3. The molecule has 1 aliphatic heterocycles. The van der Waals surface area contributed by atoms with Gasteiger partial charge < -0.3 is 4.74 Å². The predicted octanol–water partition coefficient (Wildman–Crippen LogP) is 4.09. The number of pyridine rings is 1. The standard InChI is InChI=1S/C21H14N2O2/c24-21-19(13-15-5-4-12-22-14-15)23-20(25-21)18-10-8-17(9-11-18)16-6-2-1-3-7-16/h1-14H/b19-13-. The Balaban J connectivity index is 1.61. The second-order valence-electron chi connectivity index (χ2n) is 5.57. The molecule has 0 bridgehead atoms. The molecule has 120 valence electrons. The average molecular weight is 326 g/mol. The number of hydrogen-bond acceptors (Lipinski definition) is 4. The summed E-state index contributed by atoms with van der Waals surface area (Å²) in [7, 11) is 0. The molecule has 0 fully saturated rings. The fourth-order valence-corrected chi connectivity index (χ4v) is 2.59. The quantitative estimate of drug-likeness (QED) is 0.538. The number of rotatable bonds is 3. The van der Waals surface area contributed by atoms with Crippen LogP contribution in [-0.2, 0) is 9.53 Å². The van der Waals surface area contributed by atoms with Crippen molar-refractivity contribution in [2.24, 2.45) is 4.99 Å². The molecule has 4 nitrogen and oxygen atoms in total. The molecule has 2 aromatic carbocycles. The van der Waals surface area contributed by atoms with Crippen LogP contribution in [0.3, 0.4) is 0 Å². The van der Waals surface area contributed by atoms with Crippen LogP contribution in [0.5, 0.6) is 0 Å². The molecule has 2 heterocycles. The van der Waals surface area contributed by atoms with Crippen LogP contribution in [0, 0.1) is 0 Å². The van der Waals surface area contributed by atoms with Gasteiger partial charge in [0.25, 0.3) is 0 Å². The number of benzene rings is 2.